The second-order valence-corrected chi connectivity index (χ2v) is 11.2. The van der Waals surface area contributed by atoms with E-state index in [1.807, 2.05) is 35.2 Å². The number of hydrogen-bond donors (Lipinski definition) is 0. The molecule has 0 N–H and O–H groups in total. The van der Waals surface area contributed by atoms with Gasteiger partial charge in [0.2, 0.25) is 0 Å². The first kappa shape index (κ1) is 26.3. The van der Waals surface area contributed by atoms with E-state index in [1.165, 1.54) is 16.8 Å². The minimum absolute atomic E-state index is 0.0515. The second-order valence-electron chi connectivity index (χ2n) is 9.40. The van der Waals surface area contributed by atoms with Crippen molar-refractivity contribution in [2.24, 2.45) is 7.05 Å². The first-order valence-corrected chi connectivity index (χ1v) is 14.1. The summed E-state index contributed by atoms with van der Waals surface area (Å²) in [7, 11) is -0.688. The standard InChI is InChI=1S/C29H31N5O4S/c1-31-21-28(30-22-31)39(36,37)34(20-23-7-6-10-27(19-23)38-2)26-13-11-24(12-14-26)29(35)33-17-15-32(16-18-33)25-8-4-3-5-9-25/h3-14,19,21-22H,15-18,20H2,1-2H3. The molecule has 202 valence electrons. The van der Waals surface area contributed by atoms with Crippen molar-refractivity contribution in [3.8, 4) is 5.75 Å². The number of carbonyl (C=O) groups is 1. The quantitative estimate of drug-likeness (QED) is 0.335. The van der Waals surface area contributed by atoms with E-state index >= 15 is 0 Å². The highest BCUT2D eigenvalue weighted by Crippen LogP contribution is 2.27. The normalized spacial score (nSPS) is 13.8. The molecule has 0 aliphatic carbocycles. The average molecular weight is 546 g/mol. The molecule has 4 aromatic rings. The zero-order valence-corrected chi connectivity index (χ0v) is 22.8. The van der Waals surface area contributed by atoms with Gasteiger partial charge in [-0.3, -0.25) is 9.10 Å². The van der Waals surface area contributed by atoms with E-state index in [1.54, 1.807) is 55.1 Å². The highest BCUT2D eigenvalue weighted by Gasteiger charge is 2.28. The molecule has 1 amide bonds. The van der Waals surface area contributed by atoms with Gasteiger partial charge in [0.05, 0.1) is 25.7 Å². The van der Waals surface area contributed by atoms with Crippen LogP contribution in [0.1, 0.15) is 15.9 Å². The van der Waals surface area contributed by atoms with Crippen molar-refractivity contribution in [3.05, 3.63) is 103 Å². The molecule has 9 nitrogen and oxygen atoms in total. The number of piperazine rings is 1. The Hall–Kier alpha value is -4.31. The van der Waals surface area contributed by atoms with Crippen molar-refractivity contribution >= 4 is 27.3 Å². The van der Waals surface area contributed by atoms with Gasteiger partial charge in [-0.05, 0) is 54.1 Å². The van der Waals surface area contributed by atoms with Gasteiger partial charge in [0.25, 0.3) is 15.9 Å². The van der Waals surface area contributed by atoms with Crippen LogP contribution in [-0.4, -0.2) is 62.1 Å². The van der Waals surface area contributed by atoms with Crippen LogP contribution in [0.3, 0.4) is 0 Å². The van der Waals surface area contributed by atoms with Gasteiger partial charge < -0.3 is 19.1 Å². The Bertz CT molecular complexity index is 1530. The zero-order valence-electron chi connectivity index (χ0n) is 22.0. The summed E-state index contributed by atoms with van der Waals surface area (Å²) in [6, 6.07) is 24.2. The topological polar surface area (TPSA) is 88.0 Å². The van der Waals surface area contributed by atoms with Gasteiger partial charge in [-0.2, -0.15) is 8.42 Å². The second kappa shape index (κ2) is 11.2. The van der Waals surface area contributed by atoms with Crippen LogP contribution in [-0.2, 0) is 23.6 Å². The summed E-state index contributed by atoms with van der Waals surface area (Å²) in [5, 5.41) is -0.0515. The smallest absolute Gasteiger partial charge is 0.283 e. The summed E-state index contributed by atoms with van der Waals surface area (Å²) < 4.78 is 35.5. The number of benzene rings is 3. The molecular weight excluding hydrogens is 514 g/mol. The summed E-state index contributed by atoms with van der Waals surface area (Å²) in [5.41, 5.74) is 2.86. The van der Waals surface area contributed by atoms with Crippen LogP contribution in [0.2, 0.25) is 0 Å². The Kier molecular flexibility index (Phi) is 7.56. The zero-order chi connectivity index (χ0) is 27.4. The largest absolute Gasteiger partial charge is 0.497 e. The fourth-order valence-corrected chi connectivity index (χ4v) is 6.07. The molecule has 0 spiro atoms. The number of para-hydroxylation sites is 1. The number of nitrogens with zero attached hydrogens (tertiary/aromatic N) is 5. The van der Waals surface area contributed by atoms with Crippen LogP contribution in [0.15, 0.2) is 96.4 Å². The van der Waals surface area contributed by atoms with Crippen molar-refractivity contribution in [2.75, 3.05) is 42.5 Å². The Labute approximate surface area is 228 Å². The summed E-state index contributed by atoms with van der Waals surface area (Å²) in [5.74, 6) is 0.567. The van der Waals surface area contributed by atoms with E-state index in [0.29, 0.717) is 30.1 Å². The van der Waals surface area contributed by atoms with E-state index in [4.69, 9.17) is 4.74 Å². The Balaban J connectivity index is 1.36. The third kappa shape index (κ3) is 5.75. The van der Waals surface area contributed by atoms with Crippen LogP contribution in [0.25, 0.3) is 0 Å². The van der Waals surface area contributed by atoms with Gasteiger partial charge in [-0.15, -0.1) is 0 Å². The lowest BCUT2D eigenvalue weighted by Crippen LogP contribution is -2.48. The predicted molar refractivity (Wildman–Crippen MR) is 151 cm³/mol. The minimum Gasteiger partial charge on any atom is -0.497 e. The maximum atomic E-state index is 13.7. The summed E-state index contributed by atoms with van der Waals surface area (Å²) in [6.07, 6.45) is 2.93. The Morgan fingerprint density at radius 1 is 0.949 bits per heavy atom. The molecule has 2 heterocycles. The maximum absolute atomic E-state index is 13.7. The number of anilines is 2. The minimum atomic E-state index is -3.98. The Morgan fingerprint density at radius 2 is 1.67 bits per heavy atom. The van der Waals surface area contributed by atoms with Crippen LogP contribution < -0.4 is 13.9 Å². The van der Waals surface area contributed by atoms with Crippen LogP contribution in [0.5, 0.6) is 5.75 Å². The van der Waals surface area contributed by atoms with Crippen molar-refractivity contribution in [3.63, 3.8) is 0 Å². The summed E-state index contributed by atoms with van der Waals surface area (Å²) >= 11 is 0. The lowest BCUT2D eigenvalue weighted by molar-refractivity contribution is 0.0747. The van der Waals surface area contributed by atoms with Crippen molar-refractivity contribution in [1.29, 1.82) is 0 Å². The average Bonchev–Trinajstić information content (AvgIpc) is 3.43. The molecular formula is C29H31N5O4S. The number of carbonyl (C=O) groups excluding carboxylic acids is 1. The number of imidazole rings is 1. The van der Waals surface area contributed by atoms with Gasteiger partial charge in [0.1, 0.15) is 5.75 Å². The van der Waals surface area contributed by atoms with E-state index in [9.17, 15) is 13.2 Å². The molecule has 1 fully saturated rings. The fraction of sp³-hybridized carbons (Fsp3) is 0.241. The number of methoxy groups -OCH3 is 1. The highest BCUT2D eigenvalue weighted by atomic mass is 32.2. The maximum Gasteiger partial charge on any atom is 0.283 e. The van der Waals surface area contributed by atoms with Crippen molar-refractivity contribution in [2.45, 2.75) is 11.6 Å². The van der Waals surface area contributed by atoms with E-state index in [0.717, 1.165) is 24.3 Å². The van der Waals surface area contributed by atoms with Crippen molar-refractivity contribution < 1.29 is 17.9 Å². The number of amides is 1. The SMILES string of the molecule is COc1cccc(CN(c2ccc(C(=O)N3CCN(c4ccccc4)CC3)cc2)S(=O)(=O)c2cn(C)cn2)c1. The molecule has 0 atom stereocenters. The van der Waals surface area contributed by atoms with Crippen molar-refractivity contribution in [1.82, 2.24) is 14.5 Å². The lowest BCUT2D eigenvalue weighted by atomic mass is 10.1. The van der Waals surface area contributed by atoms with Crippen LogP contribution >= 0.6 is 0 Å². The molecule has 0 saturated carbocycles. The van der Waals surface area contributed by atoms with Gasteiger partial charge in [-0.25, -0.2) is 4.98 Å². The number of rotatable bonds is 8. The van der Waals surface area contributed by atoms with Gasteiger partial charge in [0.15, 0.2) is 5.03 Å². The number of ether oxygens (including phenoxy) is 1. The van der Waals surface area contributed by atoms with Gasteiger partial charge in [-0.1, -0.05) is 30.3 Å². The lowest BCUT2D eigenvalue weighted by Gasteiger charge is -2.36. The molecule has 1 aliphatic rings. The molecule has 0 radical (unpaired) electrons. The molecule has 10 heteroatoms. The van der Waals surface area contributed by atoms with E-state index in [2.05, 4.69) is 22.0 Å². The van der Waals surface area contributed by atoms with Crippen LogP contribution in [0, 0.1) is 0 Å². The van der Waals surface area contributed by atoms with Crippen LogP contribution in [0.4, 0.5) is 11.4 Å². The van der Waals surface area contributed by atoms with E-state index in [-0.39, 0.29) is 17.5 Å². The molecule has 1 aliphatic heterocycles. The monoisotopic (exact) mass is 545 g/mol. The number of aromatic nitrogens is 2. The van der Waals surface area contributed by atoms with Gasteiger partial charge in [0, 0.05) is 50.7 Å². The molecule has 1 saturated heterocycles. The number of aryl methyl sites for hydroxylation is 1. The van der Waals surface area contributed by atoms with Gasteiger partial charge >= 0.3 is 0 Å². The summed E-state index contributed by atoms with van der Waals surface area (Å²) in [4.78, 5) is 21.5. The first-order valence-electron chi connectivity index (χ1n) is 12.7. The summed E-state index contributed by atoms with van der Waals surface area (Å²) in [6.45, 7) is 2.82. The molecule has 1 aromatic heterocycles. The van der Waals surface area contributed by atoms with E-state index < -0.39 is 10.0 Å². The first-order chi connectivity index (χ1) is 18.8. The number of sulfonamides is 1. The third-order valence-electron chi connectivity index (χ3n) is 6.79. The molecule has 3 aromatic carbocycles. The predicted octanol–water partition coefficient (Wildman–Crippen LogP) is 3.79. The fourth-order valence-electron chi connectivity index (χ4n) is 4.65. The molecule has 0 bridgehead atoms. The molecule has 5 rings (SSSR count). The number of hydrogen-bond acceptors (Lipinski definition) is 6. The molecule has 39 heavy (non-hydrogen) atoms. The molecule has 0 unspecified atom stereocenters. The Morgan fingerprint density at radius 3 is 2.31 bits per heavy atom. The third-order valence-corrected chi connectivity index (χ3v) is 8.45. The highest BCUT2D eigenvalue weighted by molar-refractivity contribution is 7.92.